The van der Waals surface area contributed by atoms with Gasteiger partial charge >= 0.3 is 0 Å². The number of piperidine rings is 1. The summed E-state index contributed by atoms with van der Waals surface area (Å²) in [6.07, 6.45) is 2.94. The molecule has 2 aromatic rings. The van der Waals surface area contributed by atoms with E-state index in [1.54, 1.807) is 29.6 Å². The highest BCUT2D eigenvalue weighted by Crippen LogP contribution is 2.21. The number of benzene rings is 1. The van der Waals surface area contributed by atoms with Crippen molar-refractivity contribution in [1.29, 1.82) is 0 Å². The quantitative estimate of drug-likeness (QED) is 0.743. The molecule has 1 fully saturated rings. The molecule has 144 valence electrons. The first-order chi connectivity index (χ1) is 12.9. The molecule has 1 saturated heterocycles. The lowest BCUT2D eigenvalue weighted by Gasteiger charge is -2.25. The number of Topliss-reactive ketones (excluding diaryl/α,β-unsaturated/α-hetero) is 1. The summed E-state index contributed by atoms with van der Waals surface area (Å²) in [6, 6.07) is 6.39. The second-order valence-electron chi connectivity index (χ2n) is 6.43. The summed E-state index contributed by atoms with van der Waals surface area (Å²) in [5.41, 5.74) is 1.02. The summed E-state index contributed by atoms with van der Waals surface area (Å²) in [5, 5.41) is 4.62. The van der Waals surface area contributed by atoms with Gasteiger partial charge in [0, 0.05) is 25.4 Å². The van der Waals surface area contributed by atoms with Gasteiger partial charge < -0.3 is 5.32 Å². The number of nitrogens with zero attached hydrogens (tertiary/aromatic N) is 2. The van der Waals surface area contributed by atoms with E-state index in [2.05, 4.69) is 10.3 Å². The van der Waals surface area contributed by atoms with Gasteiger partial charge in [-0.05, 0) is 30.5 Å². The van der Waals surface area contributed by atoms with E-state index >= 15 is 0 Å². The number of aromatic nitrogens is 1. The number of carbonyl (C=O) groups is 2. The van der Waals surface area contributed by atoms with Crippen molar-refractivity contribution in [2.75, 3.05) is 18.4 Å². The van der Waals surface area contributed by atoms with Crippen molar-refractivity contribution in [3.8, 4) is 0 Å². The molecule has 1 N–H and O–H groups in total. The van der Waals surface area contributed by atoms with Crippen LogP contribution in [0.2, 0.25) is 0 Å². The summed E-state index contributed by atoms with van der Waals surface area (Å²) in [4.78, 5) is 27.7. The van der Waals surface area contributed by atoms with Crippen LogP contribution < -0.4 is 5.32 Å². The van der Waals surface area contributed by atoms with Crippen LogP contribution in [-0.2, 0) is 21.2 Å². The Hall–Kier alpha value is -2.10. The van der Waals surface area contributed by atoms with Crippen LogP contribution in [0.1, 0.15) is 42.2 Å². The number of rotatable bonds is 6. The normalized spacial score (nSPS) is 15.4. The Morgan fingerprint density at radius 3 is 2.41 bits per heavy atom. The predicted octanol–water partition coefficient (Wildman–Crippen LogP) is 2.70. The number of nitrogens with one attached hydrogen (secondary N) is 1. The third-order valence-electron chi connectivity index (χ3n) is 4.35. The van der Waals surface area contributed by atoms with Gasteiger partial charge in [0.2, 0.25) is 15.9 Å². The zero-order valence-corrected chi connectivity index (χ0v) is 16.6. The van der Waals surface area contributed by atoms with Crippen LogP contribution in [0.25, 0.3) is 0 Å². The molecule has 1 aliphatic heterocycles. The molecule has 3 rings (SSSR count). The van der Waals surface area contributed by atoms with Gasteiger partial charge in [0.15, 0.2) is 10.9 Å². The minimum Gasteiger partial charge on any atom is -0.302 e. The van der Waals surface area contributed by atoms with Crippen molar-refractivity contribution >= 4 is 38.2 Å². The van der Waals surface area contributed by atoms with E-state index in [1.165, 1.54) is 22.6 Å². The van der Waals surface area contributed by atoms with E-state index in [0.717, 1.165) is 19.3 Å². The minimum absolute atomic E-state index is 0.0963. The average Bonchev–Trinajstić information content (AvgIpc) is 3.11. The first-order valence-corrected chi connectivity index (χ1v) is 11.0. The molecule has 1 aromatic carbocycles. The summed E-state index contributed by atoms with van der Waals surface area (Å²) >= 11 is 1.19. The zero-order chi connectivity index (χ0) is 19.4. The van der Waals surface area contributed by atoms with Crippen molar-refractivity contribution in [1.82, 2.24) is 9.29 Å². The van der Waals surface area contributed by atoms with Gasteiger partial charge in [-0.25, -0.2) is 13.4 Å². The summed E-state index contributed by atoms with van der Waals surface area (Å²) in [6.45, 7) is 2.53. The fourth-order valence-corrected chi connectivity index (χ4v) is 5.16. The van der Waals surface area contributed by atoms with Crippen LogP contribution in [0, 0.1) is 0 Å². The number of anilines is 1. The Balaban J connectivity index is 1.62. The Labute approximate surface area is 162 Å². The van der Waals surface area contributed by atoms with E-state index in [4.69, 9.17) is 0 Å². The van der Waals surface area contributed by atoms with Crippen LogP contribution >= 0.6 is 11.3 Å². The van der Waals surface area contributed by atoms with Crippen molar-refractivity contribution in [3.05, 3.63) is 40.9 Å². The minimum atomic E-state index is -3.47. The number of sulfonamides is 1. The average molecular weight is 408 g/mol. The SMILES string of the molecule is CC(=O)c1csc(NC(=O)Cc2ccc(S(=O)(=O)N3CCCCC3)cc2)n1. The first kappa shape index (κ1) is 19.7. The molecule has 0 bridgehead atoms. The molecule has 1 amide bonds. The third-order valence-corrected chi connectivity index (χ3v) is 7.02. The molecule has 0 unspecified atom stereocenters. The molecule has 27 heavy (non-hydrogen) atoms. The maximum Gasteiger partial charge on any atom is 0.243 e. The standard InChI is InChI=1S/C18H21N3O4S2/c1-13(22)16-12-26-18(19-16)20-17(23)11-14-5-7-15(8-6-14)27(24,25)21-9-3-2-4-10-21/h5-8,12H,2-4,9-11H2,1H3,(H,19,20,23). The second-order valence-corrected chi connectivity index (χ2v) is 9.22. The lowest BCUT2D eigenvalue weighted by Crippen LogP contribution is -2.35. The van der Waals surface area contributed by atoms with Gasteiger partial charge in [-0.2, -0.15) is 4.31 Å². The molecular formula is C18H21N3O4S2. The molecule has 0 radical (unpaired) electrons. The monoisotopic (exact) mass is 407 g/mol. The second kappa shape index (κ2) is 8.28. The fraction of sp³-hybridized carbons (Fsp3) is 0.389. The van der Waals surface area contributed by atoms with Crippen LogP contribution in [-0.4, -0.2) is 42.5 Å². The molecule has 1 aromatic heterocycles. The van der Waals surface area contributed by atoms with Gasteiger partial charge in [0.05, 0.1) is 11.3 Å². The highest BCUT2D eigenvalue weighted by atomic mass is 32.2. The van der Waals surface area contributed by atoms with E-state index in [1.807, 2.05) is 0 Å². The van der Waals surface area contributed by atoms with Crippen LogP contribution in [0.3, 0.4) is 0 Å². The Kier molecular flexibility index (Phi) is 6.03. The Morgan fingerprint density at radius 1 is 1.15 bits per heavy atom. The molecule has 0 saturated carbocycles. The van der Waals surface area contributed by atoms with Gasteiger partial charge in [-0.3, -0.25) is 9.59 Å². The van der Waals surface area contributed by atoms with Gasteiger partial charge in [-0.1, -0.05) is 18.6 Å². The van der Waals surface area contributed by atoms with E-state index in [-0.39, 0.29) is 23.0 Å². The number of ketones is 1. The van der Waals surface area contributed by atoms with E-state index in [0.29, 0.717) is 29.5 Å². The molecule has 9 heteroatoms. The maximum atomic E-state index is 12.6. The molecule has 0 spiro atoms. The smallest absolute Gasteiger partial charge is 0.243 e. The highest BCUT2D eigenvalue weighted by molar-refractivity contribution is 7.89. The third kappa shape index (κ3) is 4.79. The summed E-state index contributed by atoms with van der Waals surface area (Å²) < 4.78 is 26.8. The van der Waals surface area contributed by atoms with Crippen molar-refractivity contribution in [2.24, 2.45) is 0 Å². The van der Waals surface area contributed by atoms with Crippen LogP contribution in [0.5, 0.6) is 0 Å². The van der Waals surface area contributed by atoms with Crippen molar-refractivity contribution in [2.45, 2.75) is 37.5 Å². The number of thiazole rings is 1. The molecule has 2 heterocycles. The number of hydrogen-bond acceptors (Lipinski definition) is 6. The first-order valence-electron chi connectivity index (χ1n) is 8.71. The largest absolute Gasteiger partial charge is 0.302 e. The molecule has 1 aliphatic rings. The molecule has 7 nitrogen and oxygen atoms in total. The lowest BCUT2D eigenvalue weighted by molar-refractivity contribution is -0.115. The van der Waals surface area contributed by atoms with Gasteiger partial charge in [0.1, 0.15) is 5.69 Å². The lowest BCUT2D eigenvalue weighted by atomic mass is 10.1. The zero-order valence-electron chi connectivity index (χ0n) is 15.0. The molecule has 0 atom stereocenters. The van der Waals surface area contributed by atoms with E-state index in [9.17, 15) is 18.0 Å². The molecule has 0 aliphatic carbocycles. The van der Waals surface area contributed by atoms with E-state index < -0.39 is 10.0 Å². The summed E-state index contributed by atoms with van der Waals surface area (Å²) in [5.74, 6) is -0.427. The fourth-order valence-electron chi connectivity index (χ4n) is 2.88. The topological polar surface area (TPSA) is 96.4 Å². The van der Waals surface area contributed by atoms with Crippen molar-refractivity contribution < 1.29 is 18.0 Å². The van der Waals surface area contributed by atoms with Crippen LogP contribution in [0.15, 0.2) is 34.5 Å². The van der Waals surface area contributed by atoms with Gasteiger partial charge in [-0.15, -0.1) is 11.3 Å². The van der Waals surface area contributed by atoms with Crippen LogP contribution in [0.4, 0.5) is 5.13 Å². The number of hydrogen-bond donors (Lipinski definition) is 1. The predicted molar refractivity (Wildman–Crippen MR) is 104 cm³/mol. The van der Waals surface area contributed by atoms with Gasteiger partial charge in [0.25, 0.3) is 0 Å². The molecular weight excluding hydrogens is 386 g/mol. The Bertz CT molecular complexity index is 930. The Morgan fingerprint density at radius 2 is 1.81 bits per heavy atom. The number of amides is 1. The van der Waals surface area contributed by atoms with Crippen molar-refractivity contribution in [3.63, 3.8) is 0 Å². The highest BCUT2D eigenvalue weighted by Gasteiger charge is 2.25. The number of carbonyl (C=O) groups excluding carboxylic acids is 2. The maximum absolute atomic E-state index is 12.6. The summed E-state index contributed by atoms with van der Waals surface area (Å²) in [7, 11) is -3.47.